The van der Waals surface area contributed by atoms with Crippen molar-refractivity contribution in [2.45, 2.75) is 98.8 Å². The summed E-state index contributed by atoms with van der Waals surface area (Å²) in [6, 6.07) is 51.9. The summed E-state index contributed by atoms with van der Waals surface area (Å²) in [6.07, 6.45) is 3.90. The zero-order chi connectivity index (χ0) is 47.4. The highest BCUT2D eigenvalue weighted by atomic mass is 16.3. The van der Waals surface area contributed by atoms with E-state index >= 15 is 0 Å². The molecule has 0 saturated carbocycles. The number of nitrogens with zero attached hydrogens (tertiary/aromatic N) is 4. The Kier molecular flexibility index (Phi) is 11.8. The Bertz CT molecular complexity index is 3230. The van der Waals surface area contributed by atoms with Crippen molar-refractivity contribution in [1.29, 1.82) is 0 Å². The van der Waals surface area contributed by atoms with E-state index in [1.807, 2.05) is 12.4 Å². The SMILES string of the molecule is Cc1cnc(-c2cc(-c3ccccc3)cc(-c3ccnc4c3nc(-c3cc(C(C)(C)C)cc(C(C)(C)C)c3O)n4-c3c(C(C)C)cccc3C(C)C)c2)cc1-c1ccc(-c2ccccc2)cc1. The van der Waals surface area contributed by atoms with Gasteiger partial charge in [-0.05, 0) is 127 Å². The van der Waals surface area contributed by atoms with Crippen molar-refractivity contribution in [2.75, 3.05) is 0 Å². The molecule has 0 saturated heterocycles. The minimum Gasteiger partial charge on any atom is -0.507 e. The van der Waals surface area contributed by atoms with Crippen molar-refractivity contribution in [3.63, 3.8) is 0 Å². The normalized spacial score (nSPS) is 12.1. The quantitative estimate of drug-likeness (QED) is 0.157. The van der Waals surface area contributed by atoms with Crippen LogP contribution in [0.4, 0.5) is 0 Å². The highest BCUT2D eigenvalue weighted by Gasteiger charge is 2.31. The van der Waals surface area contributed by atoms with Gasteiger partial charge in [0, 0.05) is 29.1 Å². The van der Waals surface area contributed by atoms with E-state index in [0.717, 1.165) is 78.2 Å². The van der Waals surface area contributed by atoms with E-state index in [9.17, 15) is 5.11 Å². The third kappa shape index (κ3) is 8.71. The van der Waals surface area contributed by atoms with Gasteiger partial charge >= 0.3 is 0 Å². The molecule has 0 aliphatic rings. The van der Waals surface area contributed by atoms with Crippen LogP contribution in [0, 0.1) is 6.92 Å². The minimum absolute atomic E-state index is 0.189. The smallest absolute Gasteiger partial charge is 0.165 e. The number of aryl methyl sites for hydroxylation is 1. The van der Waals surface area contributed by atoms with Crippen molar-refractivity contribution >= 4 is 11.2 Å². The van der Waals surface area contributed by atoms with Gasteiger partial charge < -0.3 is 5.11 Å². The van der Waals surface area contributed by atoms with Crippen LogP contribution in [0.1, 0.15) is 109 Å². The molecule has 5 heteroatoms. The molecule has 5 nitrogen and oxygen atoms in total. The van der Waals surface area contributed by atoms with Gasteiger partial charge in [-0.1, -0.05) is 178 Å². The van der Waals surface area contributed by atoms with Crippen molar-refractivity contribution in [3.05, 3.63) is 186 Å². The van der Waals surface area contributed by atoms with Crippen molar-refractivity contribution < 1.29 is 5.11 Å². The van der Waals surface area contributed by atoms with Gasteiger partial charge in [0.05, 0.1) is 16.9 Å². The van der Waals surface area contributed by atoms with E-state index < -0.39 is 0 Å². The van der Waals surface area contributed by atoms with E-state index in [1.165, 1.54) is 22.3 Å². The fourth-order valence-electron chi connectivity index (χ4n) is 9.37. The van der Waals surface area contributed by atoms with Gasteiger partial charge in [0.2, 0.25) is 0 Å². The summed E-state index contributed by atoms with van der Waals surface area (Å²) in [5, 5.41) is 12.5. The molecule has 6 aromatic carbocycles. The molecule has 0 unspecified atom stereocenters. The maximum absolute atomic E-state index is 12.5. The molecular formula is C62H62N4O. The Labute approximate surface area is 397 Å². The first-order valence-corrected chi connectivity index (χ1v) is 23.7. The van der Waals surface area contributed by atoms with Crippen LogP contribution in [-0.2, 0) is 10.8 Å². The largest absolute Gasteiger partial charge is 0.507 e. The molecule has 9 rings (SSSR count). The number of rotatable bonds is 9. The van der Waals surface area contributed by atoms with E-state index in [4.69, 9.17) is 15.0 Å². The molecule has 1 N–H and O–H groups in total. The highest BCUT2D eigenvalue weighted by Crippen LogP contribution is 2.46. The van der Waals surface area contributed by atoms with Gasteiger partial charge in [-0.15, -0.1) is 0 Å². The second-order valence-corrected chi connectivity index (χ2v) is 20.8. The summed E-state index contributed by atoms with van der Waals surface area (Å²) in [6.45, 7) is 24.3. The second kappa shape index (κ2) is 17.6. The molecule has 3 heterocycles. The predicted molar refractivity (Wildman–Crippen MR) is 281 cm³/mol. The van der Waals surface area contributed by atoms with Gasteiger partial charge in [0.25, 0.3) is 0 Å². The summed E-state index contributed by atoms with van der Waals surface area (Å²) in [5.41, 5.74) is 19.0. The lowest BCUT2D eigenvalue weighted by Crippen LogP contribution is -2.17. The molecule has 0 fully saturated rings. The maximum Gasteiger partial charge on any atom is 0.165 e. The summed E-state index contributed by atoms with van der Waals surface area (Å²) in [4.78, 5) is 16.0. The fraction of sp³-hybridized carbons (Fsp3) is 0.242. The van der Waals surface area contributed by atoms with Crippen LogP contribution >= 0.6 is 0 Å². The third-order valence-corrected chi connectivity index (χ3v) is 13.2. The molecule has 0 radical (unpaired) electrons. The number of pyridine rings is 2. The molecule has 0 atom stereocenters. The van der Waals surface area contributed by atoms with Gasteiger partial charge in [0.15, 0.2) is 11.5 Å². The van der Waals surface area contributed by atoms with Crippen LogP contribution in [0.25, 0.3) is 84.0 Å². The first-order chi connectivity index (χ1) is 32.0. The Balaban J connectivity index is 1.31. The van der Waals surface area contributed by atoms with E-state index in [2.05, 4.69) is 226 Å². The highest BCUT2D eigenvalue weighted by molar-refractivity contribution is 5.96. The van der Waals surface area contributed by atoms with Crippen LogP contribution in [0.3, 0.4) is 0 Å². The number of phenolic OH excluding ortho intramolecular Hbond substituents is 1. The van der Waals surface area contributed by atoms with Crippen molar-refractivity contribution in [3.8, 4) is 78.6 Å². The monoisotopic (exact) mass is 878 g/mol. The topological polar surface area (TPSA) is 63.8 Å². The second-order valence-electron chi connectivity index (χ2n) is 20.8. The Hall–Kier alpha value is -7.11. The maximum atomic E-state index is 12.5. The van der Waals surface area contributed by atoms with Crippen LogP contribution in [0.2, 0.25) is 0 Å². The molecule has 0 spiro atoms. The fourth-order valence-corrected chi connectivity index (χ4v) is 9.37. The Morgan fingerprint density at radius 2 is 1.07 bits per heavy atom. The molecule has 0 bridgehead atoms. The van der Waals surface area contributed by atoms with E-state index in [0.29, 0.717) is 11.4 Å². The molecule has 0 aliphatic heterocycles. The molecule has 336 valence electrons. The van der Waals surface area contributed by atoms with Gasteiger partial charge in [0.1, 0.15) is 11.3 Å². The van der Waals surface area contributed by atoms with Crippen LogP contribution in [0.15, 0.2) is 158 Å². The predicted octanol–water partition coefficient (Wildman–Crippen LogP) is 16.7. The molecule has 0 aliphatic carbocycles. The Morgan fingerprint density at radius 1 is 0.507 bits per heavy atom. The third-order valence-electron chi connectivity index (χ3n) is 13.2. The number of hydrogen-bond acceptors (Lipinski definition) is 4. The minimum atomic E-state index is -0.330. The number of para-hydroxylation sites is 1. The van der Waals surface area contributed by atoms with Crippen molar-refractivity contribution in [1.82, 2.24) is 19.5 Å². The molecule has 3 aromatic heterocycles. The van der Waals surface area contributed by atoms with Gasteiger partial charge in [-0.25, -0.2) is 9.97 Å². The zero-order valence-corrected chi connectivity index (χ0v) is 40.9. The average molecular weight is 879 g/mol. The number of phenols is 1. The van der Waals surface area contributed by atoms with Gasteiger partial charge in [-0.2, -0.15) is 0 Å². The Morgan fingerprint density at radius 3 is 1.67 bits per heavy atom. The van der Waals surface area contributed by atoms with Crippen LogP contribution in [0.5, 0.6) is 5.75 Å². The summed E-state index contributed by atoms with van der Waals surface area (Å²) in [7, 11) is 0. The first-order valence-electron chi connectivity index (χ1n) is 23.7. The standard InChI is InChI=1S/C62H62N4O/c1-38(2)49-23-18-24-50(39(3)4)57(49)66-59(53-34-48(61(6,7)8)35-54(58(53)67)62(9,10)11)65-56-51(29-30-63-60(56)66)46-31-45(42-21-16-13-17-22-42)32-47(33-46)55-36-52(40(5)37-64-55)44-27-25-43(26-28-44)41-19-14-12-15-20-41/h12-39,67H,1-11H3. The number of hydrogen-bond donors (Lipinski definition) is 1. The lowest BCUT2D eigenvalue weighted by atomic mass is 9.79. The number of benzene rings is 6. The number of fused-ring (bicyclic) bond motifs is 1. The van der Waals surface area contributed by atoms with E-state index in [1.54, 1.807) is 0 Å². The summed E-state index contributed by atoms with van der Waals surface area (Å²) < 4.78 is 2.25. The zero-order valence-electron chi connectivity index (χ0n) is 40.9. The first kappa shape index (κ1) is 45.1. The summed E-state index contributed by atoms with van der Waals surface area (Å²) >= 11 is 0. The van der Waals surface area contributed by atoms with Crippen molar-refractivity contribution in [2.24, 2.45) is 0 Å². The lowest BCUT2D eigenvalue weighted by Gasteiger charge is -2.28. The average Bonchev–Trinajstić information content (AvgIpc) is 3.70. The number of aromatic hydroxyl groups is 1. The van der Waals surface area contributed by atoms with Crippen LogP contribution < -0.4 is 0 Å². The molecule has 0 amide bonds. The lowest BCUT2D eigenvalue weighted by molar-refractivity contribution is 0.446. The summed E-state index contributed by atoms with van der Waals surface area (Å²) in [5.74, 6) is 1.33. The number of aromatic nitrogens is 4. The number of imidazole rings is 1. The molecule has 67 heavy (non-hydrogen) atoms. The molecular weight excluding hydrogens is 817 g/mol. The molecule has 9 aromatic rings. The van der Waals surface area contributed by atoms with Crippen LogP contribution in [-0.4, -0.2) is 24.6 Å². The van der Waals surface area contributed by atoms with E-state index in [-0.39, 0.29) is 28.4 Å². The van der Waals surface area contributed by atoms with Gasteiger partial charge in [-0.3, -0.25) is 9.55 Å².